The Morgan fingerprint density at radius 1 is 1.36 bits per heavy atom. The summed E-state index contributed by atoms with van der Waals surface area (Å²) in [5.74, 6) is 0.779. The van der Waals surface area contributed by atoms with Crippen molar-refractivity contribution in [2.75, 3.05) is 0 Å². The SMILES string of the molecule is CC/C=C\C=C(/C)CC(C)C. The number of hydrogen-bond donors (Lipinski definition) is 0. The third kappa shape index (κ3) is 7.38. The molecule has 0 fully saturated rings. The maximum atomic E-state index is 2.25. The van der Waals surface area contributed by atoms with Gasteiger partial charge in [-0.25, -0.2) is 0 Å². The third-order valence-electron chi connectivity index (χ3n) is 1.48. The van der Waals surface area contributed by atoms with Crippen LogP contribution in [-0.2, 0) is 0 Å². The summed E-state index contributed by atoms with van der Waals surface area (Å²) in [7, 11) is 0. The van der Waals surface area contributed by atoms with Crippen molar-refractivity contribution < 1.29 is 0 Å². The van der Waals surface area contributed by atoms with Crippen molar-refractivity contribution in [2.45, 2.75) is 40.5 Å². The van der Waals surface area contributed by atoms with Crippen LogP contribution in [0.4, 0.5) is 0 Å². The van der Waals surface area contributed by atoms with Crippen LogP contribution in [0.15, 0.2) is 23.8 Å². The lowest BCUT2D eigenvalue weighted by Gasteiger charge is -2.02. The molecule has 0 heterocycles. The average molecular weight is 152 g/mol. The van der Waals surface area contributed by atoms with E-state index in [1.54, 1.807) is 0 Å². The minimum atomic E-state index is 0.779. The molecule has 11 heavy (non-hydrogen) atoms. The van der Waals surface area contributed by atoms with E-state index in [2.05, 4.69) is 45.9 Å². The molecule has 0 radical (unpaired) electrons. The first-order chi connectivity index (χ1) is 5.16. The second-order valence-electron chi connectivity index (χ2n) is 3.45. The maximum absolute atomic E-state index is 2.25. The molecule has 0 aliphatic carbocycles. The molecule has 0 amide bonds. The molecule has 0 N–H and O–H groups in total. The molecule has 0 aliphatic heterocycles. The van der Waals surface area contributed by atoms with Gasteiger partial charge in [0.15, 0.2) is 0 Å². The lowest BCUT2D eigenvalue weighted by atomic mass is 10.0. The third-order valence-corrected chi connectivity index (χ3v) is 1.48. The molecule has 0 bridgehead atoms. The maximum Gasteiger partial charge on any atom is -0.0297 e. The van der Waals surface area contributed by atoms with Crippen LogP contribution in [0.1, 0.15) is 40.5 Å². The Labute approximate surface area is 71.0 Å². The molecule has 0 rings (SSSR count). The summed E-state index contributed by atoms with van der Waals surface area (Å²) in [5.41, 5.74) is 1.48. The molecule has 0 heteroatoms. The topological polar surface area (TPSA) is 0 Å². The van der Waals surface area contributed by atoms with E-state index >= 15 is 0 Å². The Bertz CT molecular complexity index is 138. The largest absolute Gasteiger partial charge is 0.0848 e. The van der Waals surface area contributed by atoms with Gasteiger partial charge < -0.3 is 0 Å². The van der Waals surface area contributed by atoms with Gasteiger partial charge in [0.05, 0.1) is 0 Å². The van der Waals surface area contributed by atoms with Gasteiger partial charge in [-0.05, 0) is 25.7 Å². The van der Waals surface area contributed by atoms with Crippen LogP contribution < -0.4 is 0 Å². The van der Waals surface area contributed by atoms with Gasteiger partial charge in [0.25, 0.3) is 0 Å². The standard InChI is InChI=1S/C11H20/c1-5-6-7-8-11(4)9-10(2)3/h6-8,10H,5,9H2,1-4H3/b7-6-,11-8+. The van der Waals surface area contributed by atoms with Crippen molar-refractivity contribution in [3.8, 4) is 0 Å². The molecule has 0 saturated carbocycles. The lowest BCUT2D eigenvalue weighted by molar-refractivity contribution is 0.642. The minimum Gasteiger partial charge on any atom is -0.0848 e. The molecule has 0 nitrogen and oxygen atoms in total. The summed E-state index contributed by atoms with van der Waals surface area (Å²) in [6.45, 7) is 8.85. The van der Waals surface area contributed by atoms with Crippen LogP contribution in [0, 0.1) is 5.92 Å². The second-order valence-corrected chi connectivity index (χ2v) is 3.45. The zero-order chi connectivity index (χ0) is 8.69. The van der Waals surface area contributed by atoms with Gasteiger partial charge in [-0.15, -0.1) is 0 Å². The van der Waals surface area contributed by atoms with E-state index in [4.69, 9.17) is 0 Å². The summed E-state index contributed by atoms with van der Waals surface area (Å²) in [6.07, 6.45) is 8.89. The fourth-order valence-electron chi connectivity index (χ4n) is 1.08. The second kappa shape index (κ2) is 6.21. The Morgan fingerprint density at radius 3 is 2.45 bits per heavy atom. The molecule has 0 unspecified atom stereocenters. The van der Waals surface area contributed by atoms with Crippen LogP contribution in [-0.4, -0.2) is 0 Å². The average Bonchev–Trinajstić information content (AvgIpc) is 1.86. The lowest BCUT2D eigenvalue weighted by Crippen LogP contribution is -1.86. The molecule has 0 aromatic carbocycles. The van der Waals surface area contributed by atoms with Crippen LogP contribution in [0.5, 0.6) is 0 Å². The fourth-order valence-corrected chi connectivity index (χ4v) is 1.08. The van der Waals surface area contributed by atoms with E-state index in [1.807, 2.05) is 0 Å². The Morgan fingerprint density at radius 2 is 2.00 bits per heavy atom. The van der Waals surface area contributed by atoms with Crippen LogP contribution in [0.25, 0.3) is 0 Å². The van der Waals surface area contributed by atoms with Crippen LogP contribution >= 0.6 is 0 Å². The van der Waals surface area contributed by atoms with Gasteiger partial charge in [-0.2, -0.15) is 0 Å². The van der Waals surface area contributed by atoms with Crippen molar-refractivity contribution in [3.05, 3.63) is 23.8 Å². The molecular weight excluding hydrogens is 132 g/mol. The molecular formula is C11H20. The zero-order valence-electron chi connectivity index (χ0n) is 8.22. The molecule has 0 spiro atoms. The highest BCUT2D eigenvalue weighted by Gasteiger charge is 1.92. The minimum absolute atomic E-state index is 0.779. The van der Waals surface area contributed by atoms with Crippen LogP contribution in [0.3, 0.4) is 0 Å². The Kier molecular flexibility index (Phi) is 5.91. The van der Waals surface area contributed by atoms with E-state index in [-0.39, 0.29) is 0 Å². The summed E-state index contributed by atoms with van der Waals surface area (Å²) in [5, 5.41) is 0. The summed E-state index contributed by atoms with van der Waals surface area (Å²) in [6, 6.07) is 0. The van der Waals surface area contributed by atoms with Crippen LogP contribution in [0.2, 0.25) is 0 Å². The van der Waals surface area contributed by atoms with Gasteiger partial charge >= 0.3 is 0 Å². The number of allylic oxidation sites excluding steroid dienone is 4. The summed E-state index contributed by atoms with van der Waals surface area (Å²) in [4.78, 5) is 0. The smallest absolute Gasteiger partial charge is 0.0297 e. The predicted molar refractivity (Wildman–Crippen MR) is 52.6 cm³/mol. The molecule has 0 aliphatic rings. The summed E-state index contributed by atoms with van der Waals surface area (Å²) >= 11 is 0. The van der Waals surface area contributed by atoms with E-state index in [0.29, 0.717) is 0 Å². The van der Waals surface area contributed by atoms with Gasteiger partial charge in [-0.1, -0.05) is 44.6 Å². The highest BCUT2D eigenvalue weighted by molar-refractivity contribution is 5.10. The summed E-state index contributed by atoms with van der Waals surface area (Å²) < 4.78 is 0. The van der Waals surface area contributed by atoms with Crippen molar-refractivity contribution in [1.82, 2.24) is 0 Å². The van der Waals surface area contributed by atoms with Gasteiger partial charge in [0, 0.05) is 0 Å². The van der Waals surface area contributed by atoms with Crippen molar-refractivity contribution in [3.63, 3.8) is 0 Å². The molecule has 0 aromatic rings. The number of hydrogen-bond acceptors (Lipinski definition) is 0. The quantitative estimate of drug-likeness (QED) is 0.535. The first kappa shape index (κ1) is 10.5. The van der Waals surface area contributed by atoms with Crippen molar-refractivity contribution in [1.29, 1.82) is 0 Å². The molecule has 64 valence electrons. The first-order valence-corrected chi connectivity index (χ1v) is 4.49. The van der Waals surface area contributed by atoms with Crippen molar-refractivity contribution in [2.24, 2.45) is 5.92 Å². The Balaban J connectivity index is 3.71. The fraction of sp³-hybridized carbons (Fsp3) is 0.636. The van der Waals surface area contributed by atoms with E-state index in [1.165, 1.54) is 12.0 Å². The number of rotatable bonds is 4. The highest BCUT2D eigenvalue weighted by Crippen LogP contribution is 2.09. The Hall–Kier alpha value is -0.520. The first-order valence-electron chi connectivity index (χ1n) is 4.49. The molecule has 0 saturated heterocycles. The monoisotopic (exact) mass is 152 g/mol. The van der Waals surface area contributed by atoms with E-state index < -0.39 is 0 Å². The van der Waals surface area contributed by atoms with E-state index in [9.17, 15) is 0 Å². The van der Waals surface area contributed by atoms with Gasteiger partial charge in [-0.3, -0.25) is 0 Å². The normalized spacial score (nSPS) is 13.4. The van der Waals surface area contributed by atoms with E-state index in [0.717, 1.165) is 12.3 Å². The predicted octanol–water partition coefficient (Wildman–Crippen LogP) is 3.95. The van der Waals surface area contributed by atoms with Gasteiger partial charge in [0.1, 0.15) is 0 Å². The van der Waals surface area contributed by atoms with Crippen molar-refractivity contribution >= 4 is 0 Å². The highest BCUT2D eigenvalue weighted by atomic mass is 14.0. The molecule has 0 aromatic heterocycles. The van der Waals surface area contributed by atoms with Gasteiger partial charge in [0.2, 0.25) is 0 Å². The zero-order valence-corrected chi connectivity index (χ0v) is 8.22. The molecule has 0 atom stereocenters.